The molecule has 0 aliphatic carbocycles. The summed E-state index contributed by atoms with van der Waals surface area (Å²) in [6.45, 7) is 0.668. The molecule has 0 saturated heterocycles. The molecule has 1 heterocycles. The number of thiophene rings is 1. The maximum Gasteiger partial charge on any atom is 0.115 e. The number of phenolic OH excluding ortho intramolecular Hbond substituents is 1. The molecule has 0 aliphatic heterocycles. The lowest BCUT2D eigenvalue weighted by Gasteiger charge is -2.02. The maximum atomic E-state index is 9.21. The van der Waals surface area contributed by atoms with Gasteiger partial charge in [-0.3, -0.25) is 0 Å². The average molecular weight is 219 g/mol. The molecule has 0 bridgehead atoms. The summed E-state index contributed by atoms with van der Waals surface area (Å²) >= 11 is 1.71. The van der Waals surface area contributed by atoms with Gasteiger partial charge in [0.05, 0.1) is 0 Å². The number of hydrogen-bond acceptors (Lipinski definition) is 3. The third-order valence-corrected chi connectivity index (χ3v) is 3.30. The van der Waals surface area contributed by atoms with Crippen LogP contribution >= 0.6 is 11.3 Å². The second kappa shape index (κ2) is 4.47. The van der Waals surface area contributed by atoms with Crippen molar-refractivity contribution in [2.45, 2.75) is 6.42 Å². The molecule has 2 aromatic rings. The number of phenols is 1. The molecule has 0 radical (unpaired) electrons. The quantitative estimate of drug-likeness (QED) is 0.833. The minimum absolute atomic E-state index is 0.302. The Bertz CT molecular complexity index is 433. The van der Waals surface area contributed by atoms with Crippen molar-refractivity contribution >= 4 is 11.3 Å². The third-order valence-electron chi connectivity index (χ3n) is 2.29. The van der Waals surface area contributed by atoms with Gasteiger partial charge in [-0.25, -0.2) is 0 Å². The molecule has 15 heavy (non-hydrogen) atoms. The summed E-state index contributed by atoms with van der Waals surface area (Å²) in [4.78, 5) is 1.25. The smallest absolute Gasteiger partial charge is 0.115 e. The molecule has 0 spiro atoms. The van der Waals surface area contributed by atoms with Gasteiger partial charge in [0.25, 0.3) is 0 Å². The van der Waals surface area contributed by atoms with E-state index in [9.17, 15) is 5.11 Å². The minimum Gasteiger partial charge on any atom is -0.508 e. The first-order valence-corrected chi connectivity index (χ1v) is 5.75. The van der Waals surface area contributed by atoms with E-state index in [0.717, 1.165) is 12.0 Å². The molecule has 0 aliphatic rings. The summed E-state index contributed by atoms with van der Waals surface area (Å²) in [5.74, 6) is 0.302. The number of hydrogen-bond donors (Lipinski definition) is 2. The van der Waals surface area contributed by atoms with E-state index in [1.807, 2.05) is 12.1 Å². The lowest BCUT2D eigenvalue weighted by molar-refractivity contribution is 0.475. The summed E-state index contributed by atoms with van der Waals surface area (Å²) in [5.41, 5.74) is 7.99. The predicted molar refractivity (Wildman–Crippen MR) is 64.2 cm³/mol. The second-order valence-electron chi connectivity index (χ2n) is 3.36. The summed E-state index contributed by atoms with van der Waals surface area (Å²) < 4.78 is 0. The van der Waals surface area contributed by atoms with Crippen molar-refractivity contribution in [1.82, 2.24) is 0 Å². The van der Waals surface area contributed by atoms with Gasteiger partial charge in [-0.1, -0.05) is 0 Å². The zero-order chi connectivity index (χ0) is 10.7. The van der Waals surface area contributed by atoms with E-state index in [2.05, 4.69) is 11.4 Å². The number of rotatable bonds is 3. The van der Waals surface area contributed by atoms with Crippen LogP contribution in [0.3, 0.4) is 0 Å². The fraction of sp³-hybridized carbons (Fsp3) is 0.167. The van der Waals surface area contributed by atoms with Crippen LogP contribution in [0.5, 0.6) is 5.75 Å². The first-order valence-electron chi connectivity index (χ1n) is 4.87. The lowest BCUT2D eigenvalue weighted by Crippen LogP contribution is -2.02. The molecular formula is C12H13NOS. The predicted octanol–water partition coefficient (Wildman–Crippen LogP) is 2.62. The van der Waals surface area contributed by atoms with Crippen LogP contribution in [0.15, 0.2) is 35.7 Å². The molecule has 0 fully saturated rings. The fourth-order valence-corrected chi connectivity index (χ4v) is 2.52. The molecule has 3 N–H and O–H groups in total. The molecule has 1 aromatic heterocycles. The highest BCUT2D eigenvalue weighted by Gasteiger charge is 2.05. The highest BCUT2D eigenvalue weighted by molar-refractivity contribution is 7.13. The maximum absolute atomic E-state index is 9.21. The van der Waals surface area contributed by atoms with Gasteiger partial charge in [0.15, 0.2) is 0 Å². The molecule has 1 aromatic carbocycles. The molecule has 0 unspecified atom stereocenters. The first kappa shape index (κ1) is 10.2. The Morgan fingerprint density at radius 3 is 2.53 bits per heavy atom. The van der Waals surface area contributed by atoms with Crippen LogP contribution in [0, 0.1) is 0 Å². The SMILES string of the molecule is NCCc1ccsc1-c1ccc(O)cc1. The van der Waals surface area contributed by atoms with Gasteiger partial charge in [-0.15, -0.1) is 11.3 Å². The van der Waals surface area contributed by atoms with Crippen LogP contribution in [-0.2, 0) is 6.42 Å². The molecule has 2 nitrogen and oxygen atoms in total. The Kier molecular flexibility index (Phi) is 3.04. The van der Waals surface area contributed by atoms with Crippen molar-refractivity contribution in [2.75, 3.05) is 6.54 Å². The van der Waals surface area contributed by atoms with Crippen LogP contribution in [0.2, 0.25) is 0 Å². The monoisotopic (exact) mass is 219 g/mol. The number of nitrogens with two attached hydrogens (primary N) is 1. The van der Waals surface area contributed by atoms with Crippen molar-refractivity contribution in [2.24, 2.45) is 5.73 Å². The van der Waals surface area contributed by atoms with Crippen molar-refractivity contribution in [1.29, 1.82) is 0 Å². The highest BCUT2D eigenvalue weighted by atomic mass is 32.1. The van der Waals surface area contributed by atoms with Gasteiger partial charge in [0, 0.05) is 4.88 Å². The van der Waals surface area contributed by atoms with E-state index >= 15 is 0 Å². The summed E-state index contributed by atoms with van der Waals surface area (Å²) in [6, 6.07) is 9.39. The fourth-order valence-electron chi connectivity index (χ4n) is 1.55. The Morgan fingerprint density at radius 2 is 1.87 bits per heavy atom. The average Bonchev–Trinajstić information content (AvgIpc) is 2.68. The van der Waals surface area contributed by atoms with E-state index in [-0.39, 0.29) is 0 Å². The largest absolute Gasteiger partial charge is 0.508 e. The van der Waals surface area contributed by atoms with E-state index < -0.39 is 0 Å². The number of benzene rings is 1. The molecule has 0 atom stereocenters. The van der Waals surface area contributed by atoms with E-state index in [0.29, 0.717) is 12.3 Å². The third kappa shape index (κ3) is 2.19. The topological polar surface area (TPSA) is 46.2 Å². The summed E-state index contributed by atoms with van der Waals surface area (Å²) in [6.07, 6.45) is 0.902. The second-order valence-corrected chi connectivity index (χ2v) is 4.28. The Balaban J connectivity index is 2.36. The standard InChI is InChI=1S/C12H13NOS/c13-7-5-10-6-8-15-12(10)9-1-3-11(14)4-2-9/h1-4,6,8,14H,5,7,13H2. The van der Waals surface area contributed by atoms with Gasteiger partial charge >= 0.3 is 0 Å². The van der Waals surface area contributed by atoms with Gasteiger partial charge < -0.3 is 10.8 Å². The van der Waals surface area contributed by atoms with Crippen LogP contribution in [-0.4, -0.2) is 11.7 Å². The van der Waals surface area contributed by atoms with Crippen molar-refractivity contribution in [3.05, 3.63) is 41.3 Å². The Hall–Kier alpha value is -1.32. The summed E-state index contributed by atoms with van der Waals surface area (Å²) in [5, 5.41) is 11.3. The van der Waals surface area contributed by atoms with Gasteiger partial charge in [0.2, 0.25) is 0 Å². The van der Waals surface area contributed by atoms with Crippen molar-refractivity contribution < 1.29 is 5.11 Å². The van der Waals surface area contributed by atoms with Crippen LogP contribution < -0.4 is 5.73 Å². The molecule has 2 rings (SSSR count). The lowest BCUT2D eigenvalue weighted by atomic mass is 10.1. The Morgan fingerprint density at radius 1 is 1.13 bits per heavy atom. The van der Waals surface area contributed by atoms with Gasteiger partial charge in [-0.2, -0.15) is 0 Å². The molecular weight excluding hydrogens is 206 g/mol. The zero-order valence-corrected chi connectivity index (χ0v) is 9.13. The van der Waals surface area contributed by atoms with Crippen molar-refractivity contribution in [3.63, 3.8) is 0 Å². The van der Waals surface area contributed by atoms with Crippen molar-refractivity contribution in [3.8, 4) is 16.2 Å². The van der Waals surface area contributed by atoms with E-state index in [1.54, 1.807) is 23.5 Å². The zero-order valence-electron chi connectivity index (χ0n) is 8.31. The van der Waals surface area contributed by atoms with Crippen LogP contribution in [0.1, 0.15) is 5.56 Å². The molecule has 78 valence electrons. The van der Waals surface area contributed by atoms with Gasteiger partial charge in [-0.05, 0) is 59.8 Å². The molecule has 0 saturated carbocycles. The number of aromatic hydroxyl groups is 1. The Labute approximate surface area is 93.0 Å². The van der Waals surface area contributed by atoms with E-state index in [4.69, 9.17) is 5.73 Å². The minimum atomic E-state index is 0.302. The van der Waals surface area contributed by atoms with Crippen LogP contribution in [0.25, 0.3) is 10.4 Å². The highest BCUT2D eigenvalue weighted by Crippen LogP contribution is 2.30. The first-order chi connectivity index (χ1) is 7.31. The molecule has 3 heteroatoms. The van der Waals surface area contributed by atoms with Crippen LogP contribution in [0.4, 0.5) is 0 Å². The van der Waals surface area contributed by atoms with E-state index in [1.165, 1.54) is 10.4 Å². The summed E-state index contributed by atoms with van der Waals surface area (Å²) in [7, 11) is 0. The molecule has 0 amide bonds. The van der Waals surface area contributed by atoms with Gasteiger partial charge in [0.1, 0.15) is 5.75 Å². The normalized spacial score (nSPS) is 10.5.